The zero-order valence-corrected chi connectivity index (χ0v) is 8.39. The number of nitrogens with one attached hydrogen (secondary N) is 2. The van der Waals surface area contributed by atoms with Crippen LogP contribution < -0.4 is 10.6 Å². The summed E-state index contributed by atoms with van der Waals surface area (Å²) in [5.74, 6) is 0.252. The van der Waals surface area contributed by atoms with E-state index in [1.54, 1.807) is 0 Å². The number of carbonyl (C=O) groups is 1. The molecule has 3 rings (SSSR count). The Bertz CT molecular complexity index is 370. The predicted molar refractivity (Wildman–Crippen MR) is 58.2 cm³/mol. The molecule has 0 radical (unpaired) electrons. The molecular formula is C12H14N2O. The zero-order valence-electron chi connectivity index (χ0n) is 8.39. The summed E-state index contributed by atoms with van der Waals surface area (Å²) in [6.07, 6.45) is 13.2. The fourth-order valence-electron chi connectivity index (χ4n) is 2.49. The highest BCUT2D eigenvalue weighted by Gasteiger charge is 2.36. The Labute approximate surface area is 88.9 Å². The van der Waals surface area contributed by atoms with Crippen LogP contribution in [0.25, 0.3) is 0 Å². The van der Waals surface area contributed by atoms with Gasteiger partial charge in [-0.25, -0.2) is 0 Å². The zero-order chi connectivity index (χ0) is 10.3. The molecule has 4 atom stereocenters. The summed E-state index contributed by atoms with van der Waals surface area (Å²) in [7, 11) is 0. The first-order valence-corrected chi connectivity index (χ1v) is 5.43. The van der Waals surface area contributed by atoms with Gasteiger partial charge in [0.2, 0.25) is 5.91 Å². The Balaban J connectivity index is 1.89. The number of carbonyl (C=O) groups excluding carboxylic acids is 1. The van der Waals surface area contributed by atoms with Crippen molar-refractivity contribution >= 4 is 5.91 Å². The van der Waals surface area contributed by atoms with Gasteiger partial charge in [-0.15, -0.1) is 0 Å². The summed E-state index contributed by atoms with van der Waals surface area (Å²) in [6.45, 7) is 0. The molecule has 1 saturated heterocycles. The molecule has 15 heavy (non-hydrogen) atoms. The van der Waals surface area contributed by atoms with Gasteiger partial charge in [-0.2, -0.15) is 0 Å². The minimum Gasteiger partial charge on any atom is -0.348 e. The average molecular weight is 202 g/mol. The van der Waals surface area contributed by atoms with E-state index < -0.39 is 0 Å². The third-order valence-electron chi connectivity index (χ3n) is 3.33. The monoisotopic (exact) mass is 202 g/mol. The van der Waals surface area contributed by atoms with Crippen molar-refractivity contribution in [1.82, 2.24) is 10.6 Å². The van der Waals surface area contributed by atoms with Gasteiger partial charge in [-0.05, 0) is 6.42 Å². The van der Waals surface area contributed by atoms with E-state index in [0.717, 1.165) is 6.42 Å². The van der Waals surface area contributed by atoms with E-state index in [1.165, 1.54) is 0 Å². The van der Waals surface area contributed by atoms with Crippen LogP contribution in [0.4, 0.5) is 0 Å². The van der Waals surface area contributed by atoms with E-state index in [1.807, 2.05) is 18.2 Å². The second-order valence-corrected chi connectivity index (χ2v) is 4.29. The lowest BCUT2D eigenvalue weighted by molar-refractivity contribution is -0.124. The summed E-state index contributed by atoms with van der Waals surface area (Å²) < 4.78 is 0. The van der Waals surface area contributed by atoms with Crippen LogP contribution in [0.5, 0.6) is 0 Å². The van der Waals surface area contributed by atoms with Crippen LogP contribution >= 0.6 is 0 Å². The third-order valence-corrected chi connectivity index (χ3v) is 3.33. The SMILES string of the molecule is O=C1NC2C=CC=CC2NC2C=CCC12. The van der Waals surface area contributed by atoms with Crippen molar-refractivity contribution in [2.45, 2.75) is 24.5 Å². The molecule has 78 valence electrons. The standard InChI is InChI=1S/C12H14N2O/c15-12-8-4-3-7-9(8)13-10-5-1-2-6-11(10)14-12/h1-3,5-11,13H,4H2,(H,14,15). The summed E-state index contributed by atoms with van der Waals surface area (Å²) in [5, 5.41) is 6.57. The van der Waals surface area contributed by atoms with Gasteiger partial charge in [0.15, 0.2) is 0 Å². The molecule has 1 fully saturated rings. The molecule has 3 aliphatic rings. The Morgan fingerprint density at radius 2 is 1.87 bits per heavy atom. The largest absolute Gasteiger partial charge is 0.348 e. The molecule has 3 nitrogen and oxygen atoms in total. The lowest BCUT2D eigenvalue weighted by Crippen LogP contribution is -2.46. The quantitative estimate of drug-likeness (QED) is 0.562. The van der Waals surface area contributed by atoms with Crippen molar-refractivity contribution in [3.63, 3.8) is 0 Å². The molecule has 2 N–H and O–H groups in total. The first-order chi connectivity index (χ1) is 7.34. The van der Waals surface area contributed by atoms with Crippen LogP contribution in [0, 0.1) is 5.92 Å². The van der Waals surface area contributed by atoms with Gasteiger partial charge in [0.1, 0.15) is 0 Å². The molecule has 3 heteroatoms. The number of amides is 1. The van der Waals surface area contributed by atoms with Gasteiger partial charge in [-0.3, -0.25) is 4.79 Å². The maximum Gasteiger partial charge on any atom is 0.225 e. The smallest absolute Gasteiger partial charge is 0.225 e. The lowest BCUT2D eigenvalue weighted by atomic mass is 10.0. The van der Waals surface area contributed by atoms with Crippen LogP contribution in [0.1, 0.15) is 6.42 Å². The summed E-state index contributed by atoms with van der Waals surface area (Å²) >= 11 is 0. The van der Waals surface area contributed by atoms with Gasteiger partial charge >= 0.3 is 0 Å². The maximum atomic E-state index is 11.9. The summed E-state index contributed by atoms with van der Waals surface area (Å²) in [4.78, 5) is 11.9. The van der Waals surface area contributed by atoms with E-state index in [0.29, 0.717) is 0 Å². The Kier molecular flexibility index (Phi) is 1.99. The highest BCUT2D eigenvalue weighted by Crippen LogP contribution is 2.23. The second-order valence-electron chi connectivity index (χ2n) is 4.29. The van der Waals surface area contributed by atoms with Crippen molar-refractivity contribution in [1.29, 1.82) is 0 Å². The molecule has 1 amide bonds. The third kappa shape index (κ3) is 1.43. The van der Waals surface area contributed by atoms with Crippen molar-refractivity contribution < 1.29 is 4.79 Å². The highest BCUT2D eigenvalue weighted by molar-refractivity contribution is 5.81. The molecule has 1 aliphatic heterocycles. The van der Waals surface area contributed by atoms with Gasteiger partial charge < -0.3 is 10.6 Å². The van der Waals surface area contributed by atoms with Crippen molar-refractivity contribution in [2.75, 3.05) is 0 Å². The Hall–Kier alpha value is -1.35. The normalized spacial score (nSPS) is 42.0. The number of hydrogen-bond donors (Lipinski definition) is 2. The fourth-order valence-corrected chi connectivity index (χ4v) is 2.49. The van der Waals surface area contributed by atoms with Crippen LogP contribution in [0.3, 0.4) is 0 Å². The number of fused-ring (bicyclic) bond motifs is 2. The first kappa shape index (κ1) is 8.92. The van der Waals surface area contributed by atoms with Crippen molar-refractivity contribution in [3.05, 3.63) is 36.5 Å². The number of hydrogen-bond acceptors (Lipinski definition) is 2. The Morgan fingerprint density at radius 1 is 1.07 bits per heavy atom. The Morgan fingerprint density at radius 3 is 2.73 bits per heavy atom. The van der Waals surface area contributed by atoms with Gasteiger partial charge in [0.05, 0.1) is 12.0 Å². The minimum absolute atomic E-state index is 0.0809. The molecule has 0 saturated carbocycles. The van der Waals surface area contributed by atoms with Crippen LogP contribution in [-0.4, -0.2) is 24.0 Å². The van der Waals surface area contributed by atoms with Gasteiger partial charge in [0.25, 0.3) is 0 Å². The van der Waals surface area contributed by atoms with E-state index in [4.69, 9.17) is 0 Å². The lowest BCUT2D eigenvalue weighted by Gasteiger charge is -2.24. The van der Waals surface area contributed by atoms with E-state index in [9.17, 15) is 4.79 Å². The molecule has 0 aromatic heterocycles. The first-order valence-electron chi connectivity index (χ1n) is 5.43. The van der Waals surface area contributed by atoms with Crippen LogP contribution in [0.2, 0.25) is 0 Å². The summed E-state index contributed by atoms with van der Waals surface area (Å²) in [5.41, 5.74) is 0. The van der Waals surface area contributed by atoms with Gasteiger partial charge in [-0.1, -0.05) is 36.5 Å². The molecule has 0 aromatic rings. The second kappa shape index (κ2) is 3.35. The fraction of sp³-hybridized carbons (Fsp3) is 0.417. The topological polar surface area (TPSA) is 41.1 Å². The molecule has 0 bridgehead atoms. The molecule has 0 spiro atoms. The van der Waals surface area contributed by atoms with Gasteiger partial charge in [0, 0.05) is 12.1 Å². The maximum absolute atomic E-state index is 11.9. The highest BCUT2D eigenvalue weighted by atomic mass is 16.2. The van der Waals surface area contributed by atoms with E-state index in [2.05, 4.69) is 28.9 Å². The average Bonchev–Trinajstić information content (AvgIpc) is 2.64. The predicted octanol–water partition coefficient (Wildman–Crippen LogP) is 0.514. The number of rotatable bonds is 0. The molecular weight excluding hydrogens is 188 g/mol. The minimum atomic E-state index is 0.0809. The van der Waals surface area contributed by atoms with Crippen molar-refractivity contribution in [3.8, 4) is 0 Å². The summed E-state index contributed by atoms with van der Waals surface area (Å²) in [6, 6.07) is 0.550. The van der Waals surface area contributed by atoms with Crippen molar-refractivity contribution in [2.24, 2.45) is 5.92 Å². The molecule has 4 unspecified atom stereocenters. The number of allylic oxidation sites excluding steroid dienone is 3. The molecule has 2 aliphatic carbocycles. The van der Waals surface area contributed by atoms with E-state index >= 15 is 0 Å². The van der Waals surface area contributed by atoms with Crippen LogP contribution in [0.15, 0.2) is 36.5 Å². The molecule has 0 aromatic carbocycles. The van der Waals surface area contributed by atoms with Crippen LogP contribution in [-0.2, 0) is 4.79 Å². The van der Waals surface area contributed by atoms with E-state index in [-0.39, 0.29) is 30.0 Å². The molecule has 1 heterocycles.